The molecular weight excluding hydrogens is 253 g/mol. The molecule has 0 aliphatic carbocycles. The van der Waals surface area contributed by atoms with Gasteiger partial charge in [0.15, 0.2) is 0 Å². The summed E-state index contributed by atoms with van der Waals surface area (Å²) in [5.74, 6) is 0.703. The van der Waals surface area contributed by atoms with Crippen molar-refractivity contribution in [3.05, 3.63) is 59.9 Å². The molecule has 3 rings (SSSR count). The fourth-order valence-corrected chi connectivity index (χ4v) is 2.61. The molecule has 0 fully saturated rings. The Labute approximate surface area is 118 Å². The van der Waals surface area contributed by atoms with Gasteiger partial charge in [0.05, 0.1) is 11.7 Å². The van der Waals surface area contributed by atoms with Crippen molar-refractivity contribution < 1.29 is 9.13 Å². The molecule has 0 aromatic heterocycles. The topological polar surface area (TPSA) is 21.3 Å². The van der Waals surface area contributed by atoms with Crippen LogP contribution in [0, 0.1) is 11.7 Å². The fraction of sp³-hybridized carbons (Fsp3) is 0.294. The lowest BCUT2D eigenvalue weighted by atomic mass is 9.91. The van der Waals surface area contributed by atoms with Crippen LogP contribution in [-0.4, -0.2) is 6.04 Å². The Bertz CT molecular complexity index is 597. The van der Waals surface area contributed by atoms with Crippen molar-refractivity contribution in [2.45, 2.75) is 26.0 Å². The summed E-state index contributed by atoms with van der Waals surface area (Å²) in [6.45, 7) is 4.32. The molecule has 1 aliphatic heterocycles. The van der Waals surface area contributed by atoms with Gasteiger partial charge in [-0.1, -0.05) is 44.2 Å². The van der Waals surface area contributed by atoms with Crippen LogP contribution >= 0.6 is 0 Å². The first-order valence-electron chi connectivity index (χ1n) is 6.93. The van der Waals surface area contributed by atoms with Crippen LogP contribution in [0.3, 0.4) is 0 Å². The molecule has 2 aromatic rings. The van der Waals surface area contributed by atoms with Crippen molar-refractivity contribution in [3.63, 3.8) is 0 Å². The number of benzene rings is 2. The summed E-state index contributed by atoms with van der Waals surface area (Å²) in [5.41, 5.74) is 1.96. The highest BCUT2D eigenvalue weighted by Crippen LogP contribution is 2.39. The summed E-state index contributed by atoms with van der Waals surface area (Å²) in [7, 11) is 0. The molecule has 1 N–H and O–H groups in total. The Balaban J connectivity index is 2.00. The molecule has 3 heteroatoms. The number of fused-ring (bicyclic) bond motifs is 1. The van der Waals surface area contributed by atoms with E-state index in [1.807, 2.05) is 30.3 Å². The molecule has 2 nitrogen and oxygen atoms in total. The molecule has 0 amide bonds. The van der Waals surface area contributed by atoms with Gasteiger partial charge in [-0.05, 0) is 23.6 Å². The number of hydrogen-bond donors (Lipinski definition) is 1. The van der Waals surface area contributed by atoms with Crippen LogP contribution in [-0.2, 0) is 0 Å². The van der Waals surface area contributed by atoms with Crippen molar-refractivity contribution in [2.75, 3.05) is 5.32 Å². The first-order valence-corrected chi connectivity index (χ1v) is 6.93. The summed E-state index contributed by atoms with van der Waals surface area (Å²) in [6, 6.07) is 14.9. The molecular formula is C17H18FNO. The second-order valence-electron chi connectivity index (χ2n) is 5.50. The zero-order valence-electron chi connectivity index (χ0n) is 11.6. The van der Waals surface area contributed by atoms with E-state index in [2.05, 4.69) is 19.2 Å². The normalized spacial score (nSPS) is 21.0. The summed E-state index contributed by atoms with van der Waals surface area (Å²) < 4.78 is 19.4. The summed E-state index contributed by atoms with van der Waals surface area (Å²) >= 11 is 0. The lowest BCUT2D eigenvalue weighted by Crippen LogP contribution is -2.39. The smallest absolute Gasteiger partial charge is 0.146 e. The third kappa shape index (κ3) is 2.36. The van der Waals surface area contributed by atoms with E-state index in [-0.39, 0.29) is 18.0 Å². The van der Waals surface area contributed by atoms with Gasteiger partial charge in [0, 0.05) is 6.07 Å². The quantitative estimate of drug-likeness (QED) is 0.874. The first kappa shape index (κ1) is 13.0. The van der Waals surface area contributed by atoms with Crippen molar-refractivity contribution in [3.8, 4) is 5.75 Å². The molecule has 1 aliphatic rings. The first-order chi connectivity index (χ1) is 9.65. The number of halogens is 1. The predicted octanol–water partition coefficient (Wildman–Crippen LogP) is 4.40. The zero-order valence-corrected chi connectivity index (χ0v) is 11.6. The molecule has 20 heavy (non-hydrogen) atoms. The highest BCUT2D eigenvalue weighted by molar-refractivity contribution is 5.59. The third-order valence-corrected chi connectivity index (χ3v) is 3.69. The van der Waals surface area contributed by atoms with Gasteiger partial charge in [-0.25, -0.2) is 4.39 Å². The van der Waals surface area contributed by atoms with Gasteiger partial charge < -0.3 is 10.1 Å². The molecule has 0 spiro atoms. The molecule has 2 unspecified atom stereocenters. The van der Waals surface area contributed by atoms with Gasteiger partial charge in [0.1, 0.15) is 17.7 Å². The lowest BCUT2D eigenvalue weighted by Gasteiger charge is -2.37. The number of anilines is 1. The van der Waals surface area contributed by atoms with E-state index in [9.17, 15) is 4.39 Å². The number of rotatable bonds is 2. The average Bonchev–Trinajstić information content (AvgIpc) is 2.46. The molecule has 104 valence electrons. The van der Waals surface area contributed by atoms with E-state index in [0.717, 1.165) is 11.3 Å². The van der Waals surface area contributed by atoms with E-state index >= 15 is 0 Å². The van der Waals surface area contributed by atoms with E-state index in [0.29, 0.717) is 11.7 Å². The Morgan fingerprint density at radius 3 is 2.55 bits per heavy atom. The highest BCUT2D eigenvalue weighted by Gasteiger charge is 2.32. The summed E-state index contributed by atoms with van der Waals surface area (Å²) in [4.78, 5) is 0. The van der Waals surface area contributed by atoms with E-state index < -0.39 is 0 Å². The van der Waals surface area contributed by atoms with Gasteiger partial charge in [0.2, 0.25) is 0 Å². The predicted molar refractivity (Wildman–Crippen MR) is 78.5 cm³/mol. The SMILES string of the molecule is CC(C)C1Nc2ccc(F)cc2OC1c1ccccc1. The largest absolute Gasteiger partial charge is 0.481 e. The number of nitrogens with one attached hydrogen (secondary N) is 1. The van der Waals surface area contributed by atoms with Crippen molar-refractivity contribution >= 4 is 5.69 Å². The van der Waals surface area contributed by atoms with Crippen LogP contribution in [0.15, 0.2) is 48.5 Å². The molecule has 0 saturated heterocycles. The van der Waals surface area contributed by atoms with Crippen LogP contribution in [0.1, 0.15) is 25.5 Å². The van der Waals surface area contributed by atoms with Crippen molar-refractivity contribution in [1.82, 2.24) is 0 Å². The number of hydrogen-bond acceptors (Lipinski definition) is 2. The van der Waals surface area contributed by atoms with Crippen LogP contribution in [0.5, 0.6) is 5.75 Å². The minimum Gasteiger partial charge on any atom is -0.481 e. The van der Waals surface area contributed by atoms with Crippen LogP contribution in [0.25, 0.3) is 0 Å². The molecule has 0 bridgehead atoms. The Morgan fingerprint density at radius 1 is 1.10 bits per heavy atom. The Morgan fingerprint density at radius 2 is 1.85 bits per heavy atom. The van der Waals surface area contributed by atoms with E-state index in [1.165, 1.54) is 12.1 Å². The minimum atomic E-state index is -0.277. The van der Waals surface area contributed by atoms with E-state index in [1.54, 1.807) is 6.07 Å². The van der Waals surface area contributed by atoms with Gasteiger partial charge in [-0.15, -0.1) is 0 Å². The number of ether oxygens (including phenoxy) is 1. The molecule has 2 aromatic carbocycles. The van der Waals surface area contributed by atoms with Gasteiger partial charge in [-0.2, -0.15) is 0 Å². The third-order valence-electron chi connectivity index (χ3n) is 3.69. The second kappa shape index (κ2) is 5.16. The van der Waals surface area contributed by atoms with E-state index in [4.69, 9.17) is 4.74 Å². The van der Waals surface area contributed by atoms with Gasteiger partial charge in [-0.3, -0.25) is 0 Å². The Hall–Kier alpha value is -2.03. The minimum absolute atomic E-state index is 0.106. The average molecular weight is 271 g/mol. The molecule has 0 saturated carbocycles. The molecule has 1 heterocycles. The van der Waals surface area contributed by atoms with Crippen molar-refractivity contribution in [1.29, 1.82) is 0 Å². The van der Waals surface area contributed by atoms with Crippen LogP contribution in [0.4, 0.5) is 10.1 Å². The Kier molecular flexibility index (Phi) is 3.35. The maximum atomic E-state index is 13.4. The molecule has 0 radical (unpaired) electrons. The summed E-state index contributed by atoms with van der Waals surface area (Å²) in [5, 5.41) is 3.48. The standard InChI is InChI=1S/C17H18FNO/c1-11(2)16-17(12-6-4-3-5-7-12)20-15-10-13(18)8-9-14(15)19-16/h3-11,16-17,19H,1-2H3. The second-order valence-corrected chi connectivity index (χ2v) is 5.50. The fourth-order valence-electron chi connectivity index (χ4n) is 2.61. The highest BCUT2D eigenvalue weighted by atomic mass is 19.1. The lowest BCUT2D eigenvalue weighted by molar-refractivity contribution is 0.149. The van der Waals surface area contributed by atoms with Crippen molar-refractivity contribution in [2.24, 2.45) is 5.92 Å². The van der Waals surface area contributed by atoms with Gasteiger partial charge >= 0.3 is 0 Å². The molecule has 2 atom stereocenters. The van der Waals surface area contributed by atoms with Crippen LogP contribution in [0.2, 0.25) is 0 Å². The van der Waals surface area contributed by atoms with Gasteiger partial charge in [0.25, 0.3) is 0 Å². The zero-order chi connectivity index (χ0) is 14.1. The van der Waals surface area contributed by atoms with Crippen LogP contribution < -0.4 is 10.1 Å². The summed E-state index contributed by atoms with van der Waals surface area (Å²) in [6.07, 6.45) is -0.106. The monoisotopic (exact) mass is 271 g/mol. The maximum Gasteiger partial charge on any atom is 0.146 e. The maximum absolute atomic E-state index is 13.4.